The number of nitrogens with zero attached hydrogens (tertiary/aromatic N) is 1. The zero-order valence-corrected chi connectivity index (χ0v) is 13.2. The van der Waals surface area contributed by atoms with E-state index in [1.807, 2.05) is 45.3 Å². The van der Waals surface area contributed by atoms with Crippen LogP contribution in [0, 0.1) is 12.8 Å². The van der Waals surface area contributed by atoms with Crippen LogP contribution in [-0.4, -0.2) is 37.6 Å². The fraction of sp³-hybridized carbons (Fsp3) is 0.562. The SMILES string of the molecule is Cc1ccc(NC(=O)NCC(CC(C)C)N(C)C)cc1. The summed E-state index contributed by atoms with van der Waals surface area (Å²) >= 11 is 0. The Labute approximate surface area is 122 Å². The van der Waals surface area contributed by atoms with Gasteiger partial charge in [-0.3, -0.25) is 0 Å². The predicted octanol–water partition coefficient (Wildman–Crippen LogP) is 3.09. The number of carbonyl (C=O) groups excluding carboxylic acids is 1. The van der Waals surface area contributed by atoms with Crippen LogP contribution >= 0.6 is 0 Å². The summed E-state index contributed by atoms with van der Waals surface area (Å²) in [5, 5.41) is 5.79. The largest absolute Gasteiger partial charge is 0.336 e. The Hall–Kier alpha value is -1.55. The quantitative estimate of drug-likeness (QED) is 0.839. The lowest BCUT2D eigenvalue weighted by atomic mass is 10.0. The first-order valence-corrected chi connectivity index (χ1v) is 7.16. The van der Waals surface area contributed by atoms with E-state index in [0.29, 0.717) is 18.5 Å². The lowest BCUT2D eigenvalue weighted by Gasteiger charge is -2.26. The lowest BCUT2D eigenvalue weighted by molar-refractivity contribution is 0.231. The average Bonchev–Trinajstić information content (AvgIpc) is 2.36. The third-order valence-electron chi connectivity index (χ3n) is 3.28. The Morgan fingerprint density at radius 1 is 1.20 bits per heavy atom. The van der Waals surface area contributed by atoms with Gasteiger partial charge in [-0.05, 0) is 45.5 Å². The van der Waals surface area contributed by atoms with E-state index in [9.17, 15) is 4.79 Å². The molecule has 0 bridgehead atoms. The van der Waals surface area contributed by atoms with Crippen LogP contribution in [0.2, 0.25) is 0 Å². The van der Waals surface area contributed by atoms with E-state index in [1.54, 1.807) is 0 Å². The summed E-state index contributed by atoms with van der Waals surface area (Å²) in [5.41, 5.74) is 2.00. The Morgan fingerprint density at radius 2 is 1.80 bits per heavy atom. The molecule has 0 saturated carbocycles. The van der Waals surface area contributed by atoms with Crippen molar-refractivity contribution in [2.45, 2.75) is 33.2 Å². The molecule has 4 heteroatoms. The molecule has 0 aliphatic heterocycles. The van der Waals surface area contributed by atoms with Crippen LogP contribution in [0.1, 0.15) is 25.8 Å². The Kier molecular flexibility index (Phi) is 6.52. The van der Waals surface area contributed by atoms with Crippen LogP contribution in [0.3, 0.4) is 0 Å². The number of hydrogen-bond donors (Lipinski definition) is 2. The highest BCUT2D eigenvalue weighted by molar-refractivity contribution is 5.89. The van der Waals surface area contributed by atoms with E-state index >= 15 is 0 Å². The first kappa shape index (κ1) is 16.5. The summed E-state index contributed by atoms with van der Waals surface area (Å²) in [4.78, 5) is 14.0. The summed E-state index contributed by atoms with van der Waals surface area (Å²) in [6.07, 6.45) is 1.07. The highest BCUT2D eigenvalue weighted by atomic mass is 16.2. The topological polar surface area (TPSA) is 44.4 Å². The summed E-state index contributed by atoms with van der Waals surface area (Å²) in [7, 11) is 4.10. The summed E-state index contributed by atoms with van der Waals surface area (Å²) in [6.45, 7) is 7.08. The number of urea groups is 1. The number of hydrogen-bond acceptors (Lipinski definition) is 2. The van der Waals surface area contributed by atoms with Crippen molar-refractivity contribution in [1.29, 1.82) is 0 Å². The molecule has 0 aromatic heterocycles. The smallest absolute Gasteiger partial charge is 0.319 e. The molecule has 1 aromatic rings. The van der Waals surface area contributed by atoms with E-state index < -0.39 is 0 Å². The number of nitrogens with one attached hydrogen (secondary N) is 2. The van der Waals surface area contributed by atoms with Gasteiger partial charge in [0.1, 0.15) is 0 Å². The molecule has 0 aliphatic carbocycles. The van der Waals surface area contributed by atoms with Crippen molar-refractivity contribution in [1.82, 2.24) is 10.2 Å². The molecule has 20 heavy (non-hydrogen) atoms. The minimum atomic E-state index is -0.149. The third kappa shape index (κ3) is 6.06. The molecule has 4 nitrogen and oxygen atoms in total. The van der Waals surface area contributed by atoms with Crippen molar-refractivity contribution in [3.8, 4) is 0 Å². The van der Waals surface area contributed by atoms with E-state index in [-0.39, 0.29) is 6.03 Å². The molecule has 0 radical (unpaired) electrons. The number of amides is 2. The number of carbonyl (C=O) groups is 1. The van der Waals surface area contributed by atoms with Crippen molar-refractivity contribution >= 4 is 11.7 Å². The van der Waals surface area contributed by atoms with Gasteiger partial charge < -0.3 is 15.5 Å². The van der Waals surface area contributed by atoms with Gasteiger partial charge in [-0.25, -0.2) is 4.79 Å². The van der Waals surface area contributed by atoms with Gasteiger partial charge in [0, 0.05) is 18.3 Å². The van der Waals surface area contributed by atoms with Gasteiger partial charge in [-0.15, -0.1) is 0 Å². The maximum atomic E-state index is 11.9. The van der Waals surface area contributed by atoms with Crippen molar-refractivity contribution in [2.24, 2.45) is 5.92 Å². The Bertz CT molecular complexity index is 412. The molecular weight excluding hydrogens is 250 g/mol. The normalized spacial score (nSPS) is 12.6. The molecule has 1 rings (SSSR count). The van der Waals surface area contributed by atoms with Crippen LogP contribution in [0.25, 0.3) is 0 Å². The number of aryl methyl sites for hydroxylation is 1. The minimum Gasteiger partial charge on any atom is -0.336 e. The second kappa shape index (κ2) is 7.90. The van der Waals surface area contributed by atoms with Crippen molar-refractivity contribution in [3.05, 3.63) is 29.8 Å². The molecule has 1 atom stereocenters. The van der Waals surface area contributed by atoms with Gasteiger partial charge in [0.15, 0.2) is 0 Å². The first-order valence-electron chi connectivity index (χ1n) is 7.16. The molecule has 0 spiro atoms. The molecule has 2 N–H and O–H groups in total. The van der Waals surface area contributed by atoms with Crippen LogP contribution in [0.4, 0.5) is 10.5 Å². The van der Waals surface area contributed by atoms with E-state index in [2.05, 4.69) is 29.4 Å². The van der Waals surface area contributed by atoms with Crippen molar-refractivity contribution in [3.63, 3.8) is 0 Å². The van der Waals surface area contributed by atoms with Crippen LogP contribution < -0.4 is 10.6 Å². The molecule has 1 unspecified atom stereocenters. The number of likely N-dealkylation sites (N-methyl/N-ethyl adjacent to an activating group) is 1. The Morgan fingerprint density at radius 3 is 2.30 bits per heavy atom. The van der Waals surface area contributed by atoms with Gasteiger partial charge in [0.2, 0.25) is 0 Å². The monoisotopic (exact) mass is 277 g/mol. The summed E-state index contributed by atoms with van der Waals surface area (Å²) < 4.78 is 0. The van der Waals surface area contributed by atoms with Gasteiger partial charge in [0.25, 0.3) is 0 Å². The van der Waals surface area contributed by atoms with Crippen molar-refractivity contribution in [2.75, 3.05) is 26.0 Å². The molecule has 2 amide bonds. The molecule has 0 aliphatic rings. The lowest BCUT2D eigenvalue weighted by Crippen LogP contribution is -2.42. The van der Waals surface area contributed by atoms with Gasteiger partial charge in [0.05, 0.1) is 0 Å². The second-order valence-electron chi connectivity index (χ2n) is 5.95. The van der Waals surface area contributed by atoms with Crippen LogP contribution in [0.15, 0.2) is 24.3 Å². The molecule has 1 aromatic carbocycles. The van der Waals surface area contributed by atoms with E-state index in [0.717, 1.165) is 12.1 Å². The second-order valence-corrected chi connectivity index (χ2v) is 5.95. The number of anilines is 1. The zero-order valence-electron chi connectivity index (χ0n) is 13.2. The highest BCUT2D eigenvalue weighted by Gasteiger charge is 2.14. The molecule has 0 saturated heterocycles. The van der Waals surface area contributed by atoms with E-state index in [4.69, 9.17) is 0 Å². The molecular formula is C16H27N3O. The average molecular weight is 277 g/mol. The standard InChI is InChI=1S/C16H27N3O/c1-12(2)10-15(19(4)5)11-17-16(20)18-14-8-6-13(3)7-9-14/h6-9,12,15H,10-11H2,1-5H3,(H2,17,18,20). The molecule has 112 valence electrons. The highest BCUT2D eigenvalue weighted by Crippen LogP contribution is 2.09. The summed E-state index contributed by atoms with van der Waals surface area (Å²) in [5.74, 6) is 0.615. The fourth-order valence-corrected chi connectivity index (χ4v) is 2.04. The maximum Gasteiger partial charge on any atom is 0.319 e. The van der Waals surface area contributed by atoms with Crippen LogP contribution in [0.5, 0.6) is 0 Å². The number of rotatable bonds is 6. The third-order valence-corrected chi connectivity index (χ3v) is 3.28. The number of benzene rings is 1. The molecule has 0 fully saturated rings. The van der Waals surface area contributed by atoms with Gasteiger partial charge in [-0.2, -0.15) is 0 Å². The Balaban J connectivity index is 2.43. The predicted molar refractivity (Wildman–Crippen MR) is 85.1 cm³/mol. The van der Waals surface area contributed by atoms with Crippen LogP contribution in [-0.2, 0) is 0 Å². The first-order chi connectivity index (χ1) is 9.38. The van der Waals surface area contributed by atoms with Gasteiger partial charge >= 0.3 is 6.03 Å². The van der Waals surface area contributed by atoms with Crippen molar-refractivity contribution < 1.29 is 4.79 Å². The fourth-order valence-electron chi connectivity index (χ4n) is 2.04. The van der Waals surface area contributed by atoms with Gasteiger partial charge in [-0.1, -0.05) is 31.5 Å². The maximum absolute atomic E-state index is 11.9. The summed E-state index contributed by atoms with van der Waals surface area (Å²) in [6, 6.07) is 8.00. The minimum absolute atomic E-state index is 0.149. The molecule has 0 heterocycles. The zero-order chi connectivity index (χ0) is 15.1. The van der Waals surface area contributed by atoms with E-state index in [1.165, 1.54) is 5.56 Å².